The molecule has 3 nitrogen and oxygen atoms in total. The van der Waals surface area contributed by atoms with E-state index in [-0.39, 0.29) is 31.1 Å². The zero-order chi connectivity index (χ0) is 18.1. The standard InChI is InChI=1S/C12H15N2.C4H10.C2H3O.C2H6.U/c1-14(2)8-7-10-9-13-12-6-4-3-5-11(10)12;1-3-4-2;1-2-3;1-2;/h3-4,6,9,13H,7-8H2,1-2H3;3-4H2,1-2H3;1H3;1-2H3;/q-1;;-1;;+2. The third-order valence-corrected chi connectivity index (χ3v) is 2.91. The van der Waals surface area contributed by atoms with Gasteiger partial charge in [-0.1, -0.05) is 40.5 Å². The average Bonchev–Trinajstić information content (AvgIpc) is 2.99. The van der Waals surface area contributed by atoms with Crippen LogP contribution < -0.4 is 0 Å². The molecule has 0 amide bonds. The smallest absolute Gasteiger partial charge is 0.542 e. The van der Waals surface area contributed by atoms with Gasteiger partial charge in [-0.3, -0.25) is 6.29 Å². The van der Waals surface area contributed by atoms with E-state index in [9.17, 15) is 0 Å². The van der Waals surface area contributed by atoms with Crippen molar-refractivity contribution in [2.75, 3.05) is 20.6 Å². The summed E-state index contributed by atoms with van der Waals surface area (Å²) in [6.07, 6.45) is 7.30. The van der Waals surface area contributed by atoms with Crippen molar-refractivity contribution in [3.8, 4) is 0 Å². The molecular formula is C20H34N2OU. The molecule has 0 saturated heterocycles. The fraction of sp³-hybridized carbons (Fsp3) is 0.550. The van der Waals surface area contributed by atoms with E-state index in [4.69, 9.17) is 4.79 Å². The minimum atomic E-state index is 0. The van der Waals surface area contributed by atoms with E-state index in [0.29, 0.717) is 0 Å². The molecule has 0 aliphatic rings. The van der Waals surface area contributed by atoms with Crippen LogP contribution in [0.25, 0.3) is 10.9 Å². The van der Waals surface area contributed by atoms with Crippen LogP contribution in [0.15, 0.2) is 24.4 Å². The van der Waals surface area contributed by atoms with E-state index in [0.717, 1.165) is 13.0 Å². The molecule has 0 unspecified atom stereocenters. The fourth-order valence-corrected chi connectivity index (χ4v) is 1.60. The van der Waals surface area contributed by atoms with Crippen molar-refractivity contribution < 1.29 is 35.9 Å². The van der Waals surface area contributed by atoms with E-state index < -0.39 is 0 Å². The van der Waals surface area contributed by atoms with Gasteiger partial charge in [-0.2, -0.15) is 6.92 Å². The van der Waals surface area contributed by atoms with Crippen molar-refractivity contribution in [1.29, 1.82) is 0 Å². The second kappa shape index (κ2) is 20.5. The average molecular weight is 557 g/mol. The monoisotopic (exact) mass is 556 g/mol. The molecule has 4 heteroatoms. The van der Waals surface area contributed by atoms with Gasteiger partial charge in [0.1, 0.15) is 0 Å². The number of fused-ring (bicyclic) bond motifs is 1. The molecule has 1 aromatic carbocycles. The molecule has 2 rings (SSSR count). The molecule has 0 fully saturated rings. The second-order valence-electron chi connectivity index (χ2n) is 5.03. The summed E-state index contributed by atoms with van der Waals surface area (Å²) in [4.78, 5) is 14.1. The Morgan fingerprint density at radius 1 is 1.21 bits per heavy atom. The summed E-state index contributed by atoms with van der Waals surface area (Å²) < 4.78 is 0. The third kappa shape index (κ3) is 13.8. The normalized spacial score (nSPS) is 8.67. The number of benzene rings is 1. The summed E-state index contributed by atoms with van der Waals surface area (Å²) in [5.74, 6) is 0. The zero-order valence-electron chi connectivity index (χ0n) is 16.5. The number of rotatable bonds is 4. The number of nitrogens with zero attached hydrogens (tertiary/aromatic N) is 1. The van der Waals surface area contributed by atoms with Crippen molar-refractivity contribution >= 4 is 17.2 Å². The summed E-state index contributed by atoms with van der Waals surface area (Å²) >= 11 is 0. The number of hydrogen-bond donors (Lipinski definition) is 1. The van der Waals surface area contributed by atoms with E-state index in [1.165, 1.54) is 42.5 Å². The van der Waals surface area contributed by atoms with Gasteiger partial charge in [0.25, 0.3) is 0 Å². The zero-order valence-corrected chi connectivity index (χ0v) is 20.7. The van der Waals surface area contributed by atoms with Gasteiger partial charge >= 0.3 is 31.1 Å². The summed E-state index contributed by atoms with van der Waals surface area (Å²) in [6, 6.07) is 9.34. The molecule has 0 spiro atoms. The van der Waals surface area contributed by atoms with E-state index in [1.807, 2.05) is 26.0 Å². The van der Waals surface area contributed by atoms with Gasteiger partial charge in [-0.25, -0.2) is 0 Å². The maximum absolute atomic E-state index is 8.68. The van der Waals surface area contributed by atoms with Gasteiger partial charge in [-0.05, 0) is 38.8 Å². The van der Waals surface area contributed by atoms with E-state index in [1.54, 1.807) is 0 Å². The van der Waals surface area contributed by atoms with Gasteiger partial charge < -0.3 is 14.7 Å². The third-order valence-electron chi connectivity index (χ3n) is 2.91. The Morgan fingerprint density at radius 2 is 1.75 bits per heavy atom. The molecule has 1 heterocycles. The molecule has 0 saturated carbocycles. The van der Waals surface area contributed by atoms with E-state index in [2.05, 4.69) is 56.2 Å². The van der Waals surface area contributed by atoms with Crippen molar-refractivity contribution in [1.82, 2.24) is 9.88 Å². The Balaban J connectivity index is -0.000000376. The molecule has 1 N–H and O–H groups in total. The number of aromatic amines is 1. The molecule has 134 valence electrons. The Kier molecular flexibility index (Phi) is 24.1. The van der Waals surface area contributed by atoms with Crippen molar-refractivity contribution in [2.24, 2.45) is 0 Å². The van der Waals surface area contributed by atoms with Crippen molar-refractivity contribution in [3.05, 3.63) is 36.0 Å². The number of aromatic nitrogens is 1. The van der Waals surface area contributed by atoms with Crippen LogP contribution in [-0.2, 0) is 11.2 Å². The largest absolute Gasteiger partial charge is 2.00 e. The fourth-order valence-electron chi connectivity index (χ4n) is 1.60. The minimum Gasteiger partial charge on any atom is -0.542 e. The molecule has 0 atom stereocenters. The van der Waals surface area contributed by atoms with Gasteiger partial charge in [-0.15, -0.1) is 35.2 Å². The molecule has 0 aliphatic carbocycles. The molecule has 0 aliphatic heterocycles. The topological polar surface area (TPSA) is 36.1 Å². The molecule has 24 heavy (non-hydrogen) atoms. The number of likely N-dealkylation sites (N-methyl/N-ethyl adjacent to an activating group) is 1. The predicted molar refractivity (Wildman–Crippen MR) is 103 cm³/mol. The van der Waals surface area contributed by atoms with Crippen LogP contribution in [0.3, 0.4) is 0 Å². The Hall–Kier alpha value is -0.558. The van der Waals surface area contributed by atoms with Crippen LogP contribution in [0.1, 0.15) is 53.0 Å². The summed E-state index contributed by atoms with van der Waals surface area (Å²) in [5, 5.41) is 1.23. The van der Waals surface area contributed by atoms with Crippen molar-refractivity contribution in [2.45, 2.75) is 53.9 Å². The Labute approximate surface area is 173 Å². The van der Waals surface area contributed by atoms with Crippen LogP contribution >= 0.6 is 0 Å². The number of H-pyrrole nitrogens is 1. The van der Waals surface area contributed by atoms with Crippen LogP contribution in [0, 0.1) is 37.2 Å². The molecular weight excluding hydrogens is 522 g/mol. The van der Waals surface area contributed by atoms with Gasteiger partial charge in [0.05, 0.1) is 0 Å². The molecule has 1 aromatic heterocycles. The maximum atomic E-state index is 8.68. The summed E-state index contributed by atoms with van der Waals surface area (Å²) in [5.41, 5.74) is 2.54. The second-order valence-corrected chi connectivity index (χ2v) is 5.03. The van der Waals surface area contributed by atoms with Gasteiger partial charge in [0.2, 0.25) is 0 Å². The summed E-state index contributed by atoms with van der Waals surface area (Å²) in [6.45, 7) is 10.8. The first-order valence-electron chi connectivity index (χ1n) is 8.50. The number of carbonyl (C=O) groups excluding carboxylic acids is 1. The van der Waals surface area contributed by atoms with E-state index >= 15 is 0 Å². The van der Waals surface area contributed by atoms with Crippen LogP contribution in [0.4, 0.5) is 0 Å². The molecule has 0 radical (unpaired) electrons. The maximum Gasteiger partial charge on any atom is 2.00 e. The van der Waals surface area contributed by atoms with Crippen molar-refractivity contribution in [3.63, 3.8) is 0 Å². The van der Waals surface area contributed by atoms with Crippen LogP contribution in [0.5, 0.6) is 0 Å². The quantitative estimate of drug-likeness (QED) is 0.537. The Morgan fingerprint density at radius 3 is 2.21 bits per heavy atom. The Bertz CT molecular complexity index is 493. The van der Waals surface area contributed by atoms with Crippen LogP contribution in [0.2, 0.25) is 0 Å². The SMILES string of the molecule is CC.CCCC.CN(C)CCc1c[nH]c2ccc[c-]c12.C[C-]=O.[U+2]. The number of unbranched alkanes of at least 4 members (excludes halogenated alkanes) is 1. The molecule has 0 bridgehead atoms. The van der Waals surface area contributed by atoms with Gasteiger partial charge in [0.15, 0.2) is 0 Å². The predicted octanol–water partition coefficient (Wildman–Crippen LogP) is 5.02. The number of hydrogen-bond acceptors (Lipinski definition) is 2. The first kappa shape index (κ1) is 28.3. The number of nitrogens with one attached hydrogen (secondary N) is 1. The first-order chi connectivity index (χ1) is 11.1. The summed E-state index contributed by atoms with van der Waals surface area (Å²) in [7, 11) is 4.19. The minimum absolute atomic E-state index is 0. The first-order valence-corrected chi connectivity index (χ1v) is 8.50. The van der Waals surface area contributed by atoms with Gasteiger partial charge in [0, 0.05) is 0 Å². The molecule has 2 aromatic rings. The van der Waals surface area contributed by atoms with Crippen LogP contribution in [-0.4, -0.2) is 36.8 Å².